The first-order chi connectivity index (χ1) is 5.42. The van der Waals surface area contributed by atoms with E-state index in [0.717, 1.165) is 19.6 Å². The van der Waals surface area contributed by atoms with E-state index in [1.807, 2.05) is 0 Å². The fraction of sp³-hybridized carbons (Fsp3) is 1.00. The van der Waals surface area contributed by atoms with Crippen LogP contribution in [-0.4, -0.2) is 48.3 Å². The number of fused-ring (bicyclic) bond motifs is 1. The van der Waals surface area contributed by atoms with E-state index in [0.29, 0.717) is 18.7 Å². The van der Waals surface area contributed by atoms with Gasteiger partial charge in [0.15, 0.2) is 0 Å². The van der Waals surface area contributed by atoms with Crippen molar-refractivity contribution in [3.63, 3.8) is 0 Å². The zero-order valence-electron chi connectivity index (χ0n) is 6.79. The molecule has 0 saturated carbocycles. The smallest absolute Gasteiger partial charge is 0.0587 e. The summed E-state index contributed by atoms with van der Waals surface area (Å²) in [5.41, 5.74) is 0. The van der Waals surface area contributed by atoms with E-state index in [9.17, 15) is 0 Å². The number of hydrogen-bond acceptors (Lipinski definition) is 3. The molecule has 0 amide bonds. The van der Waals surface area contributed by atoms with Crippen molar-refractivity contribution in [1.82, 2.24) is 10.2 Å². The summed E-state index contributed by atoms with van der Waals surface area (Å²) in [6.07, 6.45) is 2.45. The Bertz CT molecular complexity index is 134. The Labute approximate surface area is 67.4 Å². The molecule has 0 aromatic rings. The Morgan fingerprint density at radius 1 is 1.45 bits per heavy atom. The van der Waals surface area contributed by atoms with Crippen molar-refractivity contribution in [3.05, 3.63) is 0 Å². The van der Waals surface area contributed by atoms with Crippen LogP contribution in [0.4, 0.5) is 0 Å². The first-order valence-corrected chi connectivity index (χ1v) is 4.49. The molecule has 2 rings (SSSR count). The predicted octanol–water partition coefficient (Wildman–Crippen LogP) is -0.585. The van der Waals surface area contributed by atoms with Crippen LogP contribution in [0, 0.1) is 0 Å². The molecular weight excluding hydrogens is 140 g/mol. The monoisotopic (exact) mass is 156 g/mol. The Morgan fingerprint density at radius 2 is 2.36 bits per heavy atom. The minimum Gasteiger partial charge on any atom is -0.395 e. The lowest BCUT2D eigenvalue weighted by Crippen LogP contribution is -2.51. The second kappa shape index (κ2) is 3.09. The van der Waals surface area contributed by atoms with Crippen LogP contribution < -0.4 is 5.32 Å². The van der Waals surface area contributed by atoms with Gasteiger partial charge >= 0.3 is 0 Å². The highest BCUT2D eigenvalue weighted by atomic mass is 16.3. The lowest BCUT2D eigenvalue weighted by molar-refractivity contribution is 0.112. The van der Waals surface area contributed by atoms with E-state index < -0.39 is 0 Å². The minimum absolute atomic E-state index is 0.344. The number of nitrogens with one attached hydrogen (secondary N) is 1. The van der Waals surface area contributed by atoms with Gasteiger partial charge in [-0.15, -0.1) is 0 Å². The molecule has 0 aromatic carbocycles. The summed E-state index contributed by atoms with van der Waals surface area (Å²) in [7, 11) is 0. The van der Waals surface area contributed by atoms with Gasteiger partial charge in [0.1, 0.15) is 0 Å². The molecule has 64 valence electrons. The van der Waals surface area contributed by atoms with Gasteiger partial charge in [-0.3, -0.25) is 4.90 Å². The average Bonchev–Trinajstić information content (AvgIpc) is 2.47. The summed E-state index contributed by atoms with van der Waals surface area (Å²) in [4.78, 5) is 2.45. The summed E-state index contributed by atoms with van der Waals surface area (Å²) in [6, 6.07) is 1.17. The van der Waals surface area contributed by atoms with Gasteiger partial charge in [-0.1, -0.05) is 0 Å². The van der Waals surface area contributed by atoms with E-state index in [2.05, 4.69) is 10.2 Å². The second-order valence-electron chi connectivity index (χ2n) is 3.51. The summed E-state index contributed by atoms with van der Waals surface area (Å²) in [5.74, 6) is 0. The topological polar surface area (TPSA) is 35.5 Å². The third-order valence-corrected chi connectivity index (χ3v) is 2.91. The number of hydrogen-bond donors (Lipinski definition) is 2. The van der Waals surface area contributed by atoms with E-state index in [4.69, 9.17) is 5.11 Å². The molecule has 1 unspecified atom stereocenters. The van der Waals surface area contributed by atoms with Crippen LogP contribution >= 0.6 is 0 Å². The maximum absolute atomic E-state index is 9.04. The first-order valence-electron chi connectivity index (χ1n) is 4.49. The van der Waals surface area contributed by atoms with Crippen molar-refractivity contribution in [2.24, 2.45) is 0 Å². The highest BCUT2D eigenvalue weighted by molar-refractivity contribution is 4.91. The lowest BCUT2D eigenvalue weighted by atomic mass is 10.2. The zero-order chi connectivity index (χ0) is 7.68. The molecule has 2 aliphatic heterocycles. The quantitative estimate of drug-likeness (QED) is 0.533. The predicted molar refractivity (Wildman–Crippen MR) is 43.5 cm³/mol. The number of aliphatic hydroxyl groups is 1. The molecule has 2 aliphatic rings. The van der Waals surface area contributed by atoms with Crippen LogP contribution in [-0.2, 0) is 0 Å². The summed E-state index contributed by atoms with van der Waals surface area (Å²) in [6.45, 7) is 3.68. The van der Waals surface area contributed by atoms with Gasteiger partial charge in [-0.25, -0.2) is 0 Å². The van der Waals surface area contributed by atoms with Crippen molar-refractivity contribution in [3.8, 4) is 0 Å². The maximum atomic E-state index is 9.04. The summed E-state index contributed by atoms with van der Waals surface area (Å²) < 4.78 is 0. The third kappa shape index (κ3) is 1.28. The van der Waals surface area contributed by atoms with Crippen LogP contribution in [0.3, 0.4) is 0 Å². The Balaban J connectivity index is 1.98. The van der Waals surface area contributed by atoms with E-state index in [1.165, 1.54) is 12.8 Å². The Hall–Kier alpha value is -0.120. The second-order valence-corrected chi connectivity index (χ2v) is 3.51. The molecule has 2 atom stereocenters. The van der Waals surface area contributed by atoms with Crippen molar-refractivity contribution in [1.29, 1.82) is 0 Å². The number of aliphatic hydroxyl groups excluding tert-OH is 1. The van der Waals surface area contributed by atoms with Gasteiger partial charge < -0.3 is 10.4 Å². The SMILES string of the molecule is OC[C@@H]1CCC2CNCCN21. The third-order valence-electron chi connectivity index (χ3n) is 2.91. The zero-order valence-corrected chi connectivity index (χ0v) is 6.79. The maximum Gasteiger partial charge on any atom is 0.0587 e. The molecule has 0 aromatic heterocycles. The standard InChI is InChI=1S/C8H16N2O/c11-6-8-2-1-7-5-9-3-4-10(7)8/h7-9,11H,1-6H2/t7?,8-/m0/s1. The molecular formula is C8H16N2O. The van der Waals surface area contributed by atoms with Crippen LogP contribution in [0.25, 0.3) is 0 Å². The van der Waals surface area contributed by atoms with Crippen LogP contribution in [0.1, 0.15) is 12.8 Å². The first kappa shape index (κ1) is 7.53. The summed E-state index contributed by atoms with van der Waals surface area (Å²) >= 11 is 0. The molecule has 3 nitrogen and oxygen atoms in total. The van der Waals surface area contributed by atoms with Gasteiger partial charge in [-0.05, 0) is 12.8 Å². The van der Waals surface area contributed by atoms with Crippen molar-refractivity contribution in [2.45, 2.75) is 24.9 Å². The van der Waals surface area contributed by atoms with Gasteiger partial charge in [0, 0.05) is 31.7 Å². The molecule has 2 heterocycles. The van der Waals surface area contributed by atoms with Crippen molar-refractivity contribution in [2.75, 3.05) is 26.2 Å². The number of nitrogens with zero attached hydrogens (tertiary/aromatic N) is 1. The Kier molecular flexibility index (Phi) is 2.11. The molecule has 0 spiro atoms. The summed E-state index contributed by atoms with van der Waals surface area (Å²) in [5, 5.41) is 12.4. The van der Waals surface area contributed by atoms with E-state index in [1.54, 1.807) is 0 Å². The molecule has 0 bridgehead atoms. The highest BCUT2D eigenvalue weighted by Crippen LogP contribution is 2.24. The molecule has 3 heteroatoms. The van der Waals surface area contributed by atoms with Gasteiger partial charge in [0.25, 0.3) is 0 Å². The fourth-order valence-electron chi connectivity index (χ4n) is 2.27. The van der Waals surface area contributed by atoms with Gasteiger partial charge in [-0.2, -0.15) is 0 Å². The highest BCUT2D eigenvalue weighted by Gasteiger charge is 2.33. The molecule has 2 fully saturated rings. The van der Waals surface area contributed by atoms with Gasteiger partial charge in [0.05, 0.1) is 6.61 Å². The van der Waals surface area contributed by atoms with Crippen LogP contribution in [0.5, 0.6) is 0 Å². The fourth-order valence-corrected chi connectivity index (χ4v) is 2.27. The van der Waals surface area contributed by atoms with Crippen molar-refractivity contribution >= 4 is 0 Å². The lowest BCUT2D eigenvalue weighted by Gasteiger charge is -2.33. The number of piperazine rings is 1. The largest absolute Gasteiger partial charge is 0.395 e. The molecule has 2 saturated heterocycles. The van der Waals surface area contributed by atoms with Gasteiger partial charge in [0.2, 0.25) is 0 Å². The van der Waals surface area contributed by atoms with Crippen LogP contribution in [0.15, 0.2) is 0 Å². The average molecular weight is 156 g/mol. The molecule has 0 aliphatic carbocycles. The van der Waals surface area contributed by atoms with Crippen molar-refractivity contribution < 1.29 is 5.11 Å². The number of rotatable bonds is 1. The van der Waals surface area contributed by atoms with E-state index >= 15 is 0 Å². The van der Waals surface area contributed by atoms with Crippen LogP contribution in [0.2, 0.25) is 0 Å². The molecule has 11 heavy (non-hydrogen) atoms. The Morgan fingerprint density at radius 3 is 3.18 bits per heavy atom. The molecule has 2 N–H and O–H groups in total. The molecule has 0 radical (unpaired) electrons. The minimum atomic E-state index is 0.344. The normalized spacial score (nSPS) is 39.0. The van der Waals surface area contributed by atoms with E-state index in [-0.39, 0.29) is 0 Å².